The third-order valence-corrected chi connectivity index (χ3v) is 4.64. The fourth-order valence-electron chi connectivity index (χ4n) is 2.62. The first-order valence-electron chi connectivity index (χ1n) is 7.10. The van der Waals surface area contributed by atoms with Crippen molar-refractivity contribution in [1.29, 1.82) is 0 Å². The Balaban J connectivity index is 2.11. The van der Waals surface area contributed by atoms with Crippen LogP contribution in [0, 0.1) is 5.92 Å². The lowest BCUT2D eigenvalue weighted by Gasteiger charge is -2.27. The quantitative estimate of drug-likeness (QED) is 0.923. The van der Waals surface area contributed by atoms with Crippen LogP contribution in [0.3, 0.4) is 0 Å². The van der Waals surface area contributed by atoms with Crippen LogP contribution < -0.4 is 5.32 Å². The Hall–Kier alpha value is -0.520. The molecule has 1 aromatic rings. The molecule has 1 fully saturated rings. The molecule has 0 spiro atoms. The summed E-state index contributed by atoms with van der Waals surface area (Å²) in [6.45, 7) is 8.43. The second-order valence-electron chi connectivity index (χ2n) is 6.37. The minimum absolute atomic E-state index is 0.0626. The Morgan fingerprint density at radius 3 is 2.63 bits per heavy atom. The molecule has 1 saturated heterocycles. The fourth-order valence-corrected chi connectivity index (χ4v) is 3.60. The molecule has 5 heteroatoms. The minimum Gasteiger partial charge on any atom is -0.381 e. The van der Waals surface area contributed by atoms with Gasteiger partial charge in [-0.25, -0.2) is 0 Å². The summed E-state index contributed by atoms with van der Waals surface area (Å²) in [5.74, 6) is 0.751. The van der Waals surface area contributed by atoms with Crippen molar-refractivity contribution in [3.05, 3.63) is 10.6 Å². The lowest BCUT2D eigenvalue weighted by molar-refractivity contribution is 0.0608. The summed E-state index contributed by atoms with van der Waals surface area (Å²) in [6.07, 6.45) is 3.51. The van der Waals surface area contributed by atoms with E-state index >= 15 is 0 Å². The van der Waals surface area contributed by atoms with Gasteiger partial charge in [-0.15, -0.1) is 5.10 Å². The van der Waals surface area contributed by atoms with Gasteiger partial charge in [0.1, 0.15) is 0 Å². The van der Waals surface area contributed by atoms with Gasteiger partial charge >= 0.3 is 0 Å². The zero-order valence-electron chi connectivity index (χ0n) is 12.4. The van der Waals surface area contributed by atoms with Gasteiger partial charge in [0.15, 0.2) is 0 Å². The highest BCUT2D eigenvalue weighted by Crippen LogP contribution is 2.34. The van der Waals surface area contributed by atoms with E-state index in [2.05, 4.69) is 35.7 Å². The third kappa shape index (κ3) is 3.74. The number of rotatable bonds is 4. The minimum atomic E-state index is 0.0626. The number of ether oxygens (including phenoxy) is 1. The molecule has 0 amide bonds. The molecule has 0 radical (unpaired) electrons. The maximum absolute atomic E-state index is 5.44. The van der Waals surface area contributed by atoms with Gasteiger partial charge in [0, 0.05) is 24.7 Å². The van der Waals surface area contributed by atoms with Crippen LogP contribution in [-0.4, -0.2) is 29.8 Å². The highest BCUT2D eigenvalue weighted by Gasteiger charge is 2.28. The van der Waals surface area contributed by atoms with E-state index in [4.69, 9.17) is 4.74 Å². The van der Waals surface area contributed by atoms with Crippen molar-refractivity contribution in [2.24, 2.45) is 5.92 Å². The molecule has 2 heterocycles. The average molecular weight is 283 g/mol. The third-order valence-electron chi connectivity index (χ3n) is 3.80. The molecule has 108 valence electrons. The molecule has 0 aliphatic carbocycles. The molecule has 1 aliphatic heterocycles. The second-order valence-corrected chi connectivity index (χ2v) is 7.15. The van der Waals surface area contributed by atoms with Crippen molar-refractivity contribution >= 4 is 11.5 Å². The van der Waals surface area contributed by atoms with Crippen LogP contribution in [0.4, 0.5) is 0 Å². The van der Waals surface area contributed by atoms with Crippen molar-refractivity contribution < 1.29 is 4.74 Å². The Kier molecular flexibility index (Phi) is 4.92. The first-order chi connectivity index (χ1) is 9.02. The Bertz CT molecular complexity index is 394. The van der Waals surface area contributed by atoms with Crippen LogP contribution in [0.2, 0.25) is 0 Å². The molecule has 2 rings (SSSR count). The highest BCUT2D eigenvalue weighted by molar-refractivity contribution is 7.05. The summed E-state index contributed by atoms with van der Waals surface area (Å²) in [7, 11) is 2.04. The zero-order valence-corrected chi connectivity index (χ0v) is 13.2. The number of hydrogen-bond donors (Lipinski definition) is 1. The number of nitrogens with zero attached hydrogens (tertiary/aromatic N) is 2. The van der Waals surface area contributed by atoms with Crippen LogP contribution in [0.25, 0.3) is 0 Å². The van der Waals surface area contributed by atoms with Crippen molar-refractivity contribution in [2.45, 2.75) is 51.5 Å². The Morgan fingerprint density at radius 2 is 2.05 bits per heavy atom. The van der Waals surface area contributed by atoms with Crippen LogP contribution in [-0.2, 0) is 10.2 Å². The molecule has 0 saturated carbocycles. The maximum atomic E-state index is 5.44. The number of hydrogen-bond acceptors (Lipinski definition) is 5. The van der Waals surface area contributed by atoms with E-state index in [9.17, 15) is 0 Å². The normalized spacial score (nSPS) is 19.6. The van der Waals surface area contributed by atoms with E-state index in [1.807, 2.05) is 7.05 Å². The van der Waals surface area contributed by atoms with E-state index in [1.165, 1.54) is 17.7 Å². The largest absolute Gasteiger partial charge is 0.381 e. The highest BCUT2D eigenvalue weighted by atomic mass is 32.1. The van der Waals surface area contributed by atoms with Crippen molar-refractivity contribution in [3.63, 3.8) is 0 Å². The zero-order chi connectivity index (χ0) is 13.9. The summed E-state index contributed by atoms with van der Waals surface area (Å²) in [4.78, 5) is 1.31. The lowest BCUT2D eigenvalue weighted by Crippen LogP contribution is -2.26. The second kappa shape index (κ2) is 6.29. The van der Waals surface area contributed by atoms with Gasteiger partial charge in [-0.1, -0.05) is 25.3 Å². The average Bonchev–Trinajstić information content (AvgIpc) is 2.86. The van der Waals surface area contributed by atoms with Crippen molar-refractivity contribution in [2.75, 3.05) is 20.3 Å². The molecule has 1 atom stereocenters. The molecule has 0 aromatic carbocycles. The van der Waals surface area contributed by atoms with Gasteiger partial charge < -0.3 is 10.1 Å². The van der Waals surface area contributed by atoms with Crippen LogP contribution in [0.15, 0.2) is 0 Å². The molecular weight excluding hydrogens is 258 g/mol. The van der Waals surface area contributed by atoms with Gasteiger partial charge in [-0.2, -0.15) is 0 Å². The van der Waals surface area contributed by atoms with Gasteiger partial charge in [0.25, 0.3) is 0 Å². The lowest BCUT2D eigenvalue weighted by atomic mass is 9.86. The molecule has 1 N–H and O–H groups in total. The first-order valence-corrected chi connectivity index (χ1v) is 7.87. The molecule has 0 bridgehead atoms. The molecule has 4 nitrogen and oxygen atoms in total. The van der Waals surface area contributed by atoms with E-state index in [-0.39, 0.29) is 5.41 Å². The van der Waals surface area contributed by atoms with E-state index in [0.29, 0.717) is 6.04 Å². The Morgan fingerprint density at radius 1 is 1.37 bits per heavy atom. The van der Waals surface area contributed by atoms with Crippen LogP contribution >= 0.6 is 11.5 Å². The molecule has 1 unspecified atom stereocenters. The van der Waals surface area contributed by atoms with Gasteiger partial charge in [0.05, 0.1) is 10.6 Å². The topological polar surface area (TPSA) is 47.0 Å². The van der Waals surface area contributed by atoms with Gasteiger partial charge in [-0.3, -0.25) is 0 Å². The summed E-state index contributed by atoms with van der Waals surface area (Å²) in [5, 5.41) is 7.81. The predicted molar refractivity (Wildman–Crippen MR) is 78.6 cm³/mol. The fraction of sp³-hybridized carbons (Fsp3) is 0.857. The number of aromatic nitrogens is 2. The van der Waals surface area contributed by atoms with Crippen molar-refractivity contribution in [1.82, 2.24) is 14.9 Å². The summed E-state index contributed by atoms with van der Waals surface area (Å²) >= 11 is 1.54. The van der Waals surface area contributed by atoms with Crippen LogP contribution in [0.1, 0.15) is 56.6 Å². The SMILES string of the molecule is CNC(CC1CCOCC1)c1snnc1C(C)(C)C. The molecule has 1 aliphatic rings. The van der Waals surface area contributed by atoms with Crippen LogP contribution in [0.5, 0.6) is 0 Å². The summed E-state index contributed by atoms with van der Waals surface area (Å²) in [5.41, 5.74) is 1.21. The van der Waals surface area contributed by atoms with E-state index < -0.39 is 0 Å². The molecule has 19 heavy (non-hydrogen) atoms. The predicted octanol–water partition coefficient (Wildman–Crippen LogP) is 2.91. The first kappa shape index (κ1) is 14.9. The van der Waals surface area contributed by atoms with E-state index in [0.717, 1.165) is 31.2 Å². The summed E-state index contributed by atoms with van der Waals surface area (Å²) in [6, 6.07) is 0.373. The standard InChI is InChI=1S/C14H25N3OS/c1-14(2,3)13-12(19-17-16-13)11(15-4)9-10-5-7-18-8-6-10/h10-11,15H,5-9H2,1-4H3. The maximum Gasteiger partial charge on any atom is 0.0857 e. The Labute approximate surface area is 120 Å². The van der Waals surface area contributed by atoms with Crippen molar-refractivity contribution in [3.8, 4) is 0 Å². The summed E-state index contributed by atoms with van der Waals surface area (Å²) < 4.78 is 9.62. The number of nitrogens with one attached hydrogen (secondary N) is 1. The molecular formula is C14H25N3OS. The monoisotopic (exact) mass is 283 g/mol. The smallest absolute Gasteiger partial charge is 0.0857 e. The van der Waals surface area contributed by atoms with Gasteiger partial charge in [-0.05, 0) is 43.8 Å². The van der Waals surface area contributed by atoms with E-state index in [1.54, 1.807) is 11.5 Å². The molecule has 1 aromatic heterocycles. The van der Waals surface area contributed by atoms with Gasteiger partial charge in [0.2, 0.25) is 0 Å².